The van der Waals surface area contributed by atoms with Gasteiger partial charge in [-0.15, -0.1) is 0 Å². The molecule has 0 radical (unpaired) electrons. The minimum absolute atomic E-state index is 0.143. The largest absolute Gasteiger partial charge is 0.478 e. The molecule has 0 amide bonds. The van der Waals surface area contributed by atoms with E-state index in [2.05, 4.69) is 5.32 Å². The van der Waals surface area contributed by atoms with Crippen molar-refractivity contribution >= 4 is 23.3 Å². The fourth-order valence-electron chi connectivity index (χ4n) is 2.06. The Morgan fingerprint density at radius 3 is 2.72 bits per heavy atom. The number of aliphatic hydroxyl groups excluding tert-OH is 1. The molecule has 1 aliphatic carbocycles. The van der Waals surface area contributed by atoms with Crippen LogP contribution in [0.25, 0.3) is 0 Å². The number of carboxylic acid groups (broad SMARTS) is 1. The molecular weight excluding hydrogens is 254 g/mol. The van der Waals surface area contributed by atoms with E-state index in [0.717, 1.165) is 19.3 Å². The molecule has 0 bridgehead atoms. The Balaban J connectivity index is 2.07. The van der Waals surface area contributed by atoms with Crippen molar-refractivity contribution in [2.45, 2.75) is 19.3 Å². The molecule has 1 aromatic carbocycles. The van der Waals surface area contributed by atoms with Gasteiger partial charge in [0.1, 0.15) is 0 Å². The summed E-state index contributed by atoms with van der Waals surface area (Å²) in [4.78, 5) is 11.1. The van der Waals surface area contributed by atoms with Crippen LogP contribution in [-0.2, 0) is 0 Å². The normalized spacial score (nSPS) is 16.3. The summed E-state index contributed by atoms with van der Waals surface area (Å²) in [5.74, 6) is -0.994. The van der Waals surface area contributed by atoms with Gasteiger partial charge in [-0.25, -0.2) is 4.79 Å². The van der Waals surface area contributed by atoms with Crippen molar-refractivity contribution in [2.24, 2.45) is 5.41 Å². The number of aromatic carboxylic acids is 1. The first-order chi connectivity index (χ1) is 8.56. The van der Waals surface area contributed by atoms with Gasteiger partial charge < -0.3 is 15.5 Å². The maximum absolute atomic E-state index is 11.1. The number of hydrogen-bond acceptors (Lipinski definition) is 3. The number of carboxylic acids is 1. The first-order valence-electron chi connectivity index (χ1n) is 5.94. The molecular formula is C13H16ClNO3. The maximum Gasteiger partial charge on any atom is 0.337 e. The predicted octanol–water partition coefficient (Wildman–Crippen LogP) is 2.61. The molecule has 1 saturated carbocycles. The van der Waals surface area contributed by atoms with Crippen molar-refractivity contribution < 1.29 is 15.0 Å². The summed E-state index contributed by atoms with van der Waals surface area (Å²) in [5.41, 5.74) is 0.905. The van der Waals surface area contributed by atoms with Crippen molar-refractivity contribution in [1.29, 1.82) is 0 Å². The fraction of sp³-hybridized carbons (Fsp3) is 0.462. The van der Waals surface area contributed by atoms with Crippen LogP contribution in [0.15, 0.2) is 18.2 Å². The maximum atomic E-state index is 11.1. The summed E-state index contributed by atoms with van der Waals surface area (Å²) in [7, 11) is 0. The average molecular weight is 270 g/mol. The Morgan fingerprint density at radius 1 is 1.44 bits per heavy atom. The van der Waals surface area contributed by atoms with Gasteiger partial charge in [0.25, 0.3) is 0 Å². The van der Waals surface area contributed by atoms with Crippen LogP contribution < -0.4 is 5.32 Å². The number of anilines is 1. The average Bonchev–Trinajstić information content (AvgIpc) is 3.08. The summed E-state index contributed by atoms with van der Waals surface area (Å²) in [6, 6.07) is 4.79. The summed E-state index contributed by atoms with van der Waals surface area (Å²) >= 11 is 5.79. The summed E-state index contributed by atoms with van der Waals surface area (Å²) in [5, 5.41) is 21.6. The number of aliphatic hydroxyl groups is 1. The van der Waals surface area contributed by atoms with Crippen LogP contribution in [0, 0.1) is 5.41 Å². The summed E-state index contributed by atoms with van der Waals surface area (Å²) < 4.78 is 0. The number of carbonyl (C=O) groups is 1. The van der Waals surface area contributed by atoms with E-state index in [4.69, 9.17) is 21.8 Å². The standard InChI is InChI=1S/C13H16ClNO3/c14-9-1-2-11(10(7-9)12(17)18)15-8-13(3-4-13)5-6-16/h1-2,7,15-16H,3-6,8H2,(H,17,18). The van der Waals surface area contributed by atoms with Crippen LogP contribution in [0.4, 0.5) is 5.69 Å². The third-order valence-electron chi connectivity index (χ3n) is 3.47. The van der Waals surface area contributed by atoms with Gasteiger partial charge in [-0.3, -0.25) is 0 Å². The van der Waals surface area contributed by atoms with E-state index in [1.807, 2.05) is 0 Å². The molecule has 0 heterocycles. The highest BCUT2D eigenvalue weighted by Gasteiger charge is 2.41. The van der Waals surface area contributed by atoms with Crippen molar-refractivity contribution in [2.75, 3.05) is 18.5 Å². The zero-order chi connectivity index (χ0) is 13.2. The van der Waals surface area contributed by atoms with E-state index in [1.165, 1.54) is 6.07 Å². The summed E-state index contributed by atoms with van der Waals surface area (Å²) in [6.45, 7) is 0.865. The van der Waals surface area contributed by atoms with Crippen LogP contribution in [0.1, 0.15) is 29.6 Å². The lowest BCUT2D eigenvalue weighted by Gasteiger charge is -2.16. The molecule has 1 fully saturated rings. The molecule has 5 heteroatoms. The zero-order valence-electron chi connectivity index (χ0n) is 9.95. The van der Waals surface area contributed by atoms with Crippen molar-refractivity contribution in [3.63, 3.8) is 0 Å². The highest BCUT2D eigenvalue weighted by molar-refractivity contribution is 6.31. The molecule has 2 rings (SSSR count). The van der Waals surface area contributed by atoms with E-state index in [9.17, 15) is 4.79 Å². The van der Waals surface area contributed by atoms with Gasteiger partial charge in [-0.1, -0.05) is 11.6 Å². The third kappa shape index (κ3) is 2.94. The lowest BCUT2D eigenvalue weighted by Crippen LogP contribution is -2.18. The van der Waals surface area contributed by atoms with Gasteiger partial charge in [0.05, 0.1) is 5.56 Å². The second-order valence-corrected chi connectivity index (χ2v) is 5.26. The zero-order valence-corrected chi connectivity index (χ0v) is 10.7. The fourth-order valence-corrected chi connectivity index (χ4v) is 2.23. The van der Waals surface area contributed by atoms with Crippen LogP contribution in [0.3, 0.4) is 0 Å². The molecule has 3 N–H and O–H groups in total. The van der Waals surface area contributed by atoms with Crippen molar-refractivity contribution in [3.05, 3.63) is 28.8 Å². The molecule has 0 atom stereocenters. The SMILES string of the molecule is O=C(O)c1cc(Cl)ccc1NCC1(CCO)CC1. The van der Waals surface area contributed by atoms with Gasteiger partial charge in [0.15, 0.2) is 0 Å². The highest BCUT2D eigenvalue weighted by atomic mass is 35.5. The minimum atomic E-state index is -0.994. The van der Waals surface area contributed by atoms with Gasteiger partial charge in [0.2, 0.25) is 0 Å². The molecule has 4 nitrogen and oxygen atoms in total. The van der Waals surface area contributed by atoms with E-state index < -0.39 is 5.97 Å². The Morgan fingerprint density at radius 2 is 2.17 bits per heavy atom. The number of benzene rings is 1. The Labute approximate surface area is 111 Å². The van der Waals surface area contributed by atoms with E-state index in [0.29, 0.717) is 17.3 Å². The van der Waals surface area contributed by atoms with E-state index in [1.54, 1.807) is 12.1 Å². The third-order valence-corrected chi connectivity index (χ3v) is 3.70. The smallest absolute Gasteiger partial charge is 0.337 e. The number of nitrogens with one attached hydrogen (secondary N) is 1. The van der Waals surface area contributed by atoms with E-state index >= 15 is 0 Å². The van der Waals surface area contributed by atoms with Crippen LogP contribution in [-0.4, -0.2) is 29.3 Å². The molecule has 0 spiro atoms. The van der Waals surface area contributed by atoms with Crippen LogP contribution in [0.2, 0.25) is 5.02 Å². The molecule has 0 saturated heterocycles. The van der Waals surface area contributed by atoms with Crippen LogP contribution in [0.5, 0.6) is 0 Å². The highest BCUT2D eigenvalue weighted by Crippen LogP contribution is 2.48. The topological polar surface area (TPSA) is 69.6 Å². The molecule has 1 aromatic rings. The number of rotatable bonds is 6. The van der Waals surface area contributed by atoms with Gasteiger partial charge >= 0.3 is 5.97 Å². The molecule has 98 valence electrons. The van der Waals surface area contributed by atoms with Crippen molar-refractivity contribution in [1.82, 2.24) is 0 Å². The van der Waals surface area contributed by atoms with Crippen molar-refractivity contribution in [3.8, 4) is 0 Å². The predicted molar refractivity (Wildman–Crippen MR) is 70.3 cm³/mol. The lowest BCUT2D eigenvalue weighted by molar-refractivity contribution is 0.0698. The first kappa shape index (κ1) is 13.2. The Bertz CT molecular complexity index is 458. The number of halogens is 1. The molecule has 18 heavy (non-hydrogen) atoms. The second-order valence-electron chi connectivity index (χ2n) is 4.82. The molecule has 0 aromatic heterocycles. The van der Waals surface area contributed by atoms with Gasteiger partial charge in [-0.05, 0) is 42.9 Å². The Kier molecular flexibility index (Phi) is 3.78. The first-order valence-corrected chi connectivity index (χ1v) is 6.32. The van der Waals surface area contributed by atoms with Gasteiger partial charge in [0, 0.05) is 23.9 Å². The monoisotopic (exact) mass is 269 g/mol. The summed E-state index contributed by atoms with van der Waals surface area (Å²) in [6.07, 6.45) is 2.92. The second kappa shape index (κ2) is 5.16. The van der Waals surface area contributed by atoms with E-state index in [-0.39, 0.29) is 17.6 Å². The Hall–Kier alpha value is -1.26. The molecule has 0 aliphatic heterocycles. The number of hydrogen-bond donors (Lipinski definition) is 3. The van der Waals surface area contributed by atoms with Gasteiger partial charge in [-0.2, -0.15) is 0 Å². The molecule has 1 aliphatic rings. The minimum Gasteiger partial charge on any atom is -0.478 e. The molecule has 0 unspecified atom stereocenters. The quantitative estimate of drug-likeness (QED) is 0.742. The van der Waals surface area contributed by atoms with Crippen LogP contribution >= 0.6 is 11.6 Å². The lowest BCUT2D eigenvalue weighted by atomic mass is 10.0.